The quantitative estimate of drug-likeness (QED) is 0.873. The van der Waals surface area contributed by atoms with E-state index in [1.54, 1.807) is 12.1 Å². The van der Waals surface area contributed by atoms with E-state index in [2.05, 4.69) is 26.2 Å². The summed E-state index contributed by atoms with van der Waals surface area (Å²) in [4.78, 5) is 27.0. The minimum atomic E-state index is -0.634. The first-order valence-corrected chi connectivity index (χ1v) is 6.50. The highest BCUT2D eigenvalue weighted by atomic mass is 79.9. The summed E-state index contributed by atoms with van der Waals surface area (Å²) in [6.45, 7) is 1.42. The number of pyridine rings is 1. The van der Waals surface area contributed by atoms with Gasteiger partial charge in [-0.3, -0.25) is 9.59 Å². The molecule has 0 bridgehead atoms. The van der Waals surface area contributed by atoms with Gasteiger partial charge in [0.15, 0.2) is 5.78 Å². The molecule has 0 saturated carbocycles. The van der Waals surface area contributed by atoms with E-state index in [1.165, 1.54) is 31.3 Å². The van der Waals surface area contributed by atoms with Crippen LogP contribution in [-0.4, -0.2) is 16.7 Å². The van der Waals surface area contributed by atoms with Crippen LogP contribution in [-0.2, 0) is 0 Å². The molecule has 0 aliphatic rings. The lowest BCUT2D eigenvalue weighted by Gasteiger charge is -2.06. The highest BCUT2D eigenvalue weighted by Gasteiger charge is 2.14. The molecule has 20 heavy (non-hydrogen) atoms. The van der Waals surface area contributed by atoms with Crippen molar-refractivity contribution in [2.24, 2.45) is 0 Å². The molecule has 1 aromatic carbocycles. The molecule has 0 spiro atoms. The summed E-state index contributed by atoms with van der Waals surface area (Å²) in [5, 5.41) is 2.47. The average Bonchev–Trinajstić information content (AvgIpc) is 2.42. The van der Waals surface area contributed by atoms with Gasteiger partial charge in [0.25, 0.3) is 5.91 Å². The molecule has 2 rings (SSSR count). The zero-order chi connectivity index (χ0) is 14.7. The minimum absolute atomic E-state index is 0.0863. The number of amides is 1. The lowest BCUT2D eigenvalue weighted by Crippen LogP contribution is -2.15. The molecule has 0 saturated heterocycles. The van der Waals surface area contributed by atoms with E-state index in [1.807, 2.05) is 0 Å². The number of Topliss-reactive ketones (excluding diaryl/α,β-unsaturated/α-hetero) is 1. The van der Waals surface area contributed by atoms with Gasteiger partial charge in [0.1, 0.15) is 11.6 Å². The van der Waals surface area contributed by atoms with Crippen LogP contribution in [0.15, 0.2) is 41.0 Å². The monoisotopic (exact) mass is 336 g/mol. The van der Waals surface area contributed by atoms with Gasteiger partial charge in [-0.25, -0.2) is 9.37 Å². The highest BCUT2D eigenvalue weighted by Crippen LogP contribution is 2.19. The molecule has 6 heteroatoms. The maximum Gasteiger partial charge on any atom is 0.259 e. The number of nitrogens with one attached hydrogen (secondary N) is 1. The number of carbonyl (C=O) groups excluding carboxylic acids is 2. The first-order chi connectivity index (χ1) is 9.49. The second-order valence-electron chi connectivity index (χ2n) is 4.04. The van der Waals surface area contributed by atoms with Crippen LogP contribution in [0.3, 0.4) is 0 Å². The zero-order valence-electron chi connectivity index (χ0n) is 10.5. The number of benzene rings is 1. The number of ketones is 1. The van der Waals surface area contributed by atoms with E-state index in [4.69, 9.17) is 0 Å². The number of anilines is 1. The summed E-state index contributed by atoms with van der Waals surface area (Å²) in [5.74, 6) is -1.11. The molecule has 0 atom stereocenters. The number of rotatable bonds is 3. The Morgan fingerprint density at radius 1 is 1.25 bits per heavy atom. The van der Waals surface area contributed by atoms with Crippen LogP contribution in [0.1, 0.15) is 27.6 Å². The Bertz CT molecular complexity index is 671. The lowest BCUT2D eigenvalue weighted by molar-refractivity contribution is 0.101. The van der Waals surface area contributed by atoms with E-state index < -0.39 is 11.7 Å². The second kappa shape index (κ2) is 5.92. The van der Waals surface area contributed by atoms with Gasteiger partial charge in [-0.2, -0.15) is 0 Å². The number of hydrogen-bond donors (Lipinski definition) is 1. The summed E-state index contributed by atoms with van der Waals surface area (Å²) in [5.41, 5.74) is 0.355. The maximum absolute atomic E-state index is 13.8. The molecular weight excluding hydrogens is 327 g/mol. The van der Waals surface area contributed by atoms with Gasteiger partial charge < -0.3 is 5.32 Å². The molecule has 0 aliphatic carbocycles. The smallest absolute Gasteiger partial charge is 0.259 e. The van der Waals surface area contributed by atoms with Gasteiger partial charge in [-0.1, -0.05) is 6.07 Å². The number of nitrogens with zero attached hydrogens (tertiary/aromatic N) is 1. The van der Waals surface area contributed by atoms with Crippen LogP contribution >= 0.6 is 15.9 Å². The largest absolute Gasteiger partial charge is 0.306 e. The number of halogens is 2. The Labute approximate surface area is 123 Å². The van der Waals surface area contributed by atoms with E-state index in [0.717, 1.165) is 0 Å². The van der Waals surface area contributed by atoms with E-state index in [-0.39, 0.29) is 21.6 Å². The van der Waals surface area contributed by atoms with Gasteiger partial charge in [-0.15, -0.1) is 0 Å². The molecule has 4 nitrogen and oxygen atoms in total. The first kappa shape index (κ1) is 14.3. The highest BCUT2D eigenvalue weighted by molar-refractivity contribution is 9.10. The van der Waals surface area contributed by atoms with Crippen molar-refractivity contribution in [3.05, 3.63) is 57.9 Å². The van der Waals surface area contributed by atoms with Crippen molar-refractivity contribution in [3.8, 4) is 0 Å². The van der Waals surface area contributed by atoms with Crippen LogP contribution in [0.2, 0.25) is 0 Å². The van der Waals surface area contributed by atoms with Crippen LogP contribution < -0.4 is 5.32 Å². The number of carbonyl (C=O) groups is 2. The van der Waals surface area contributed by atoms with Gasteiger partial charge in [0.2, 0.25) is 0 Å². The number of aromatic nitrogens is 1. The third-order valence-electron chi connectivity index (χ3n) is 2.61. The van der Waals surface area contributed by atoms with Crippen molar-refractivity contribution >= 4 is 33.4 Å². The lowest BCUT2D eigenvalue weighted by atomic mass is 10.2. The van der Waals surface area contributed by atoms with Crippen molar-refractivity contribution in [2.75, 3.05) is 5.32 Å². The first-order valence-electron chi connectivity index (χ1n) is 5.71. The molecule has 0 unspecified atom stereocenters. The van der Waals surface area contributed by atoms with Gasteiger partial charge in [0, 0.05) is 11.8 Å². The van der Waals surface area contributed by atoms with Crippen molar-refractivity contribution in [2.45, 2.75) is 6.92 Å². The third kappa shape index (κ3) is 3.08. The Balaban J connectivity index is 2.19. The fourth-order valence-corrected chi connectivity index (χ4v) is 1.91. The van der Waals surface area contributed by atoms with E-state index >= 15 is 0 Å². The van der Waals surface area contributed by atoms with Crippen LogP contribution in [0, 0.1) is 5.82 Å². The Morgan fingerprint density at radius 2 is 2.00 bits per heavy atom. The topological polar surface area (TPSA) is 59.1 Å². The number of hydrogen-bond acceptors (Lipinski definition) is 3. The van der Waals surface area contributed by atoms with Crippen molar-refractivity contribution in [1.29, 1.82) is 0 Å². The summed E-state index contributed by atoms with van der Waals surface area (Å²) >= 11 is 3.02. The van der Waals surface area contributed by atoms with Gasteiger partial charge in [-0.05, 0) is 47.1 Å². The SMILES string of the molecule is CC(=O)c1ccc(NC(=O)c2cccc(Br)c2F)nc1. The molecule has 0 fully saturated rings. The van der Waals surface area contributed by atoms with Crippen molar-refractivity contribution < 1.29 is 14.0 Å². The fourth-order valence-electron chi connectivity index (χ4n) is 1.54. The normalized spacial score (nSPS) is 10.2. The Hall–Kier alpha value is -2.08. The predicted octanol–water partition coefficient (Wildman–Crippen LogP) is 3.44. The van der Waals surface area contributed by atoms with Crippen molar-refractivity contribution in [1.82, 2.24) is 4.98 Å². The summed E-state index contributed by atoms with van der Waals surface area (Å²) in [6.07, 6.45) is 1.36. The molecule has 2 aromatic rings. The van der Waals surface area contributed by atoms with Gasteiger partial charge >= 0.3 is 0 Å². The molecule has 1 N–H and O–H groups in total. The molecule has 0 aliphatic heterocycles. The summed E-state index contributed by atoms with van der Waals surface area (Å²) in [6, 6.07) is 7.48. The van der Waals surface area contributed by atoms with Crippen molar-refractivity contribution in [3.63, 3.8) is 0 Å². The summed E-state index contributed by atoms with van der Waals surface area (Å²) < 4.78 is 14.0. The third-order valence-corrected chi connectivity index (χ3v) is 3.22. The average molecular weight is 337 g/mol. The predicted molar refractivity (Wildman–Crippen MR) is 76.3 cm³/mol. The van der Waals surface area contributed by atoms with Crippen LogP contribution in [0.5, 0.6) is 0 Å². The van der Waals surface area contributed by atoms with Crippen LogP contribution in [0.25, 0.3) is 0 Å². The molecule has 1 aromatic heterocycles. The second-order valence-corrected chi connectivity index (χ2v) is 4.90. The van der Waals surface area contributed by atoms with E-state index in [0.29, 0.717) is 5.56 Å². The molecule has 102 valence electrons. The molecule has 1 amide bonds. The fraction of sp³-hybridized carbons (Fsp3) is 0.0714. The maximum atomic E-state index is 13.8. The Morgan fingerprint density at radius 3 is 2.60 bits per heavy atom. The standard InChI is InChI=1S/C14H10BrFN2O2/c1-8(19)9-5-6-12(17-7-9)18-14(20)10-3-2-4-11(15)13(10)16/h2-7H,1H3,(H,17,18,20). The summed E-state index contributed by atoms with van der Waals surface area (Å²) in [7, 11) is 0. The molecule has 1 heterocycles. The van der Waals surface area contributed by atoms with E-state index in [9.17, 15) is 14.0 Å². The molecular formula is C14H10BrFN2O2. The minimum Gasteiger partial charge on any atom is -0.306 e. The van der Waals surface area contributed by atoms with Crippen LogP contribution in [0.4, 0.5) is 10.2 Å². The van der Waals surface area contributed by atoms with Gasteiger partial charge in [0.05, 0.1) is 10.0 Å². The zero-order valence-corrected chi connectivity index (χ0v) is 12.1. The Kier molecular flexibility index (Phi) is 4.24. The molecule has 0 radical (unpaired) electrons.